The van der Waals surface area contributed by atoms with Crippen molar-refractivity contribution < 1.29 is 4.74 Å². The molecule has 0 bridgehead atoms. The smallest absolute Gasteiger partial charge is 0.0838 e. The highest BCUT2D eigenvalue weighted by atomic mass is 35.5. The van der Waals surface area contributed by atoms with E-state index in [2.05, 4.69) is 36.1 Å². The van der Waals surface area contributed by atoms with Gasteiger partial charge in [-0.1, -0.05) is 24.3 Å². The van der Waals surface area contributed by atoms with Crippen molar-refractivity contribution in [3.05, 3.63) is 42.1 Å². The third-order valence-corrected chi connectivity index (χ3v) is 4.17. The van der Waals surface area contributed by atoms with Gasteiger partial charge in [-0.25, -0.2) is 0 Å². The lowest BCUT2D eigenvalue weighted by molar-refractivity contribution is -0.0514. The van der Waals surface area contributed by atoms with E-state index < -0.39 is 0 Å². The Morgan fingerprint density at radius 2 is 2.15 bits per heavy atom. The van der Waals surface area contributed by atoms with E-state index in [-0.39, 0.29) is 6.10 Å². The van der Waals surface area contributed by atoms with E-state index in [1.165, 1.54) is 5.39 Å². The summed E-state index contributed by atoms with van der Waals surface area (Å²) in [5, 5.41) is 1.19. The number of hydrogen-bond donors (Lipinski definition) is 0. The molecular weight excluding hydrogens is 272 g/mol. The third-order valence-electron chi connectivity index (χ3n) is 3.83. The molecule has 0 aliphatic carbocycles. The first-order valence-corrected chi connectivity index (χ1v) is 7.56. The van der Waals surface area contributed by atoms with Crippen LogP contribution >= 0.6 is 11.6 Å². The summed E-state index contributed by atoms with van der Waals surface area (Å²) < 4.78 is 5.68. The first-order chi connectivity index (χ1) is 9.76. The molecule has 0 spiro atoms. The van der Waals surface area contributed by atoms with Crippen molar-refractivity contribution in [1.29, 1.82) is 0 Å². The summed E-state index contributed by atoms with van der Waals surface area (Å²) in [6.45, 7) is 4.65. The summed E-state index contributed by atoms with van der Waals surface area (Å²) in [6.07, 6.45) is 0.133. The molecule has 20 heavy (non-hydrogen) atoms. The zero-order valence-corrected chi connectivity index (χ0v) is 12.4. The number of ether oxygens (including phenoxy) is 1. The minimum atomic E-state index is 0.133. The lowest BCUT2D eigenvalue weighted by Crippen LogP contribution is -2.48. The van der Waals surface area contributed by atoms with Crippen LogP contribution in [0.4, 0.5) is 0 Å². The molecule has 1 saturated heterocycles. The molecule has 0 saturated carbocycles. The molecule has 1 aliphatic heterocycles. The molecule has 0 amide bonds. The largest absolute Gasteiger partial charge is 0.374 e. The second-order valence-electron chi connectivity index (χ2n) is 5.38. The Balaban J connectivity index is 1.77. The van der Waals surface area contributed by atoms with Gasteiger partial charge in [-0.3, -0.25) is 9.88 Å². The number of fused-ring (bicyclic) bond motifs is 1. The normalized spacial score (nSPS) is 24.1. The molecule has 3 rings (SSSR count). The average molecular weight is 291 g/mol. The second kappa shape index (κ2) is 6.08. The molecule has 1 aliphatic rings. The van der Waals surface area contributed by atoms with E-state index in [1.54, 1.807) is 0 Å². The van der Waals surface area contributed by atoms with E-state index in [1.807, 2.05) is 12.1 Å². The fourth-order valence-corrected chi connectivity index (χ4v) is 2.78. The standard InChI is InChI=1S/C16H19ClN2O/c1-12-11-20-15(8-17)10-19(12)9-14-7-6-13-4-2-3-5-16(13)18-14/h2-7,12,15H,8-11H2,1H3. The third kappa shape index (κ3) is 2.95. The quantitative estimate of drug-likeness (QED) is 0.813. The molecular formula is C16H19ClN2O. The van der Waals surface area contributed by atoms with Crippen LogP contribution in [0.25, 0.3) is 10.9 Å². The first kappa shape index (κ1) is 13.8. The minimum absolute atomic E-state index is 0.133. The maximum atomic E-state index is 5.91. The molecule has 1 aromatic heterocycles. The van der Waals surface area contributed by atoms with Crippen LogP contribution in [0.2, 0.25) is 0 Å². The lowest BCUT2D eigenvalue weighted by Gasteiger charge is -2.37. The van der Waals surface area contributed by atoms with Gasteiger partial charge in [0.25, 0.3) is 0 Å². The molecule has 106 valence electrons. The van der Waals surface area contributed by atoms with Gasteiger partial charge in [0.05, 0.1) is 23.9 Å². The number of halogens is 1. The van der Waals surface area contributed by atoms with Crippen molar-refractivity contribution in [3.8, 4) is 0 Å². The number of morpholine rings is 1. The minimum Gasteiger partial charge on any atom is -0.374 e. The molecule has 1 aromatic carbocycles. The van der Waals surface area contributed by atoms with E-state index in [0.717, 1.165) is 30.9 Å². The number of aromatic nitrogens is 1. The van der Waals surface area contributed by atoms with Gasteiger partial charge >= 0.3 is 0 Å². The van der Waals surface area contributed by atoms with Gasteiger partial charge in [-0.2, -0.15) is 0 Å². The summed E-state index contributed by atoms with van der Waals surface area (Å²) in [7, 11) is 0. The highest BCUT2D eigenvalue weighted by Crippen LogP contribution is 2.17. The van der Waals surface area contributed by atoms with E-state index >= 15 is 0 Å². The Hall–Kier alpha value is -1.16. The van der Waals surface area contributed by atoms with Crippen LogP contribution in [0.15, 0.2) is 36.4 Å². The molecule has 2 unspecified atom stereocenters. The van der Waals surface area contributed by atoms with Gasteiger partial charge in [-0.15, -0.1) is 11.6 Å². The fourth-order valence-electron chi connectivity index (χ4n) is 2.59. The van der Waals surface area contributed by atoms with E-state index in [4.69, 9.17) is 21.3 Å². The van der Waals surface area contributed by atoms with Crippen LogP contribution in [0.1, 0.15) is 12.6 Å². The summed E-state index contributed by atoms with van der Waals surface area (Å²) in [6, 6.07) is 12.9. The number of rotatable bonds is 3. The topological polar surface area (TPSA) is 25.4 Å². The molecule has 2 aromatic rings. The zero-order chi connectivity index (χ0) is 13.9. The molecule has 4 heteroatoms. The second-order valence-corrected chi connectivity index (χ2v) is 5.69. The van der Waals surface area contributed by atoms with E-state index in [0.29, 0.717) is 11.9 Å². The number of para-hydroxylation sites is 1. The number of benzene rings is 1. The van der Waals surface area contributed by atoms with Gasteiger partial charge in [0.2, 0.25) is 0 Å². The van der Waals surface area contributed by atoms with Crippen LogP contribution in [-0.4, -0.2) is 41.1 Å². The molecule has 3 nitrogen and oxygen atoms in total. The van der Waals surface area contributed by atoms with Gasteiger partial charge in [0, 0.05) is 30.4 Å². The van der Waals surface area contributed by atoms with Gasteiger partial charge < -0.3 is 4.74 Å². The van der Waals surface area contributed by atoms with E-state index in [9.17, 15) is 0 Å². The molecule has 2 heterocycles. The summed E-state index contributed by atoms with van der Waals surface area (Å²) in [5.41, 5.74) is 2.16. The van der Waals surface area contributed by atoms with Gasteiger partial charge in [0.1, 0.15) is 0 Å². The zero-order valence-electron chi connectivity index (χ0n) is 11.6. The summed E-state index contributed by atoms with van der Waals surface area (Å²) in [4.78, 5) is 7.14. The summed E-state index contributed by atoms with van der Waals surface area (Å²) >= 11 is 5.91. The van der Waals surface area contributed by atoms with Crippen molar-refractivity contribution in [2.24, 2.45) is 0 Å². The average Bonchev–Trinajstić information content (AvgIpc) is 2.49. The van der Waals surface area contributed by atoms with Crippen LogP contribution in [-0.2, 0) is 11.3 Å². The molecule has 1 fully saturated rings. The van der Waals surface area contributed by atoms with Crippen molar-refractivity contribution in [2.45, 2.75) is 25.6 Å². The predicted octanol–water partition coefficient (Wildman–Crippen LogP) is 3.06. The Kier molecular flexibility index (Phi) is 4.20. The number of pyridine rings is 1. The monoisotopic (exact) mass is 290 g/mol. The molecule has 0 N–H and O–H groups in total. The SMILES string of the molecule is CC1COC(CCl)CN1Cc1ccc2ccccc2n1. The Morgan fingerprint density at radius 3 is 3.00 bits per heavy atom. The van der Waals surface area contributed by atoms with Gasteiger partial charge in [-0.05, 0) is 19.1 Å². The Labute approximate surface area is 124 Å². The maximum absolute atomic E-state index is 5.91. The fraction of sp³-hybridized carbons (Fsp3) is 0.438. The Bertz CT molecular complexity index is 589. The first-order valence-electron chi connectivity index (χ1n) is 7.02. The van der Waals surface area contributed by atoms with Crippen molar-refractivity contribution in [3.63, 3.8) is 0 Å². The highest BCUT2D eigenvalue weighted by Gasteiger charge is 2.25. The molecule has 2 atom stereocenters. The number of nitrogens with zero attached hydrogens (tertiary/aromatic N) is 2. The van der Waals surface area contributed by atoms with Gasteiger partial charge in [0.15, 0.2) is 0 Å². The van der Waals surface area contributed by atoms with Crippen molar-refractivity contribution in [1.82, 2.24) is 9.88 Å². The van der Waals surface area contributed by atoms with Crippen molar-refractivity contribution >= 4 is 22.5 Å². The molecule has 0 radical (unpaired) electrons. The maximum Gasteiger partial charge on any atom is 0.0838 e. The Morgan fingerprint density at radius 1 is 1.30 bits per heavy atom. The number of hydrogen-bond acceptors (Lipinski definition) is 3. The lowest BCUT2D eigenvalue weighted by atomic mass is 10.1. The van der Waals surface area contributed by atoms with Crippen molar-refractivity contribution in [2.75, 3.05) is 19.0 Å². The highest BCUT2D eigenvalue weighted by molar-refractivity contribution is 6.18. The van der Waals surface area contributed by atoms with Crippen LogP contribution < -0.4 is 0 Å². The number of alkyl halides is 1. The van der Waals surface area contributed by atoms with Crippen LogP contribution in [0.3, 0.4) is 0 Å². The van der Waals surface area contributed by atoms with Crippen LogP contribution in [0.5, 0.6) is 0 Å². The summed E-state index contributed by atoms with van der Waals surface area (Å²) in [5.74, 6) is 0.550. The predicted molar refractivity (Wildman–Crippen MR) is 82.1 cm³/mol. The van der Waals surface area contributed by atoms with Crippen LogP contribution in [0, 0.1) is 0 Å².